The number of anilines is 1. The molecule has 0 spiro atoms. The first-order valence-electron chi connectivity index (χ1n) is 7.39. The van der Waals surface area contributed by atoms with E-state index in [1.165, 1.54) is 11.1 Å². The minimum Gasteiger partial charge on any atom is -0.496 e. The van der Waals surface area contributed by atoms with Crippen LogP contribution in [-0.4, -0.2) is 12.2 Å². The number of hydrogen-bond donors (Lipinski definition) is 2. The van der Waals surface area contributed by atoms with Crippen LogP contribution in [0.25, 0.3) is 0 Å². The summed E-state index contributed by atoms with van der Waals surface area (Å²) in [5.41, 5.74) is 4.53. The molecule has 0 aliphatic heterocycles. The molecular formula is C18H21BrN2OS. The van der Waals surface area contributed by atoms with Gasteiger partial charge in [0.15, 0.2) is 5.11 Å². The summed E-state index contributed by atoms with van der Waals surface area (Å²) in [4.78, 5) is 0. The third kappa shape index (κ3) is 4.69. The molecule has 0 unspecified atom stereocenters. The van der Waals surface area contributed by atoms with Gasteiger partial charge in [0.2, 0.25) is 0 Å². The van der Waals surface area contributed by atoms with Crippen LogP contribution in [0.5, 0.6) is 5.75 Å². The molecule has 122 valence electrons. The van der Waals surface area contributed by atoms with Crippen molar-refractivity contribution in [3.63, 3.8) is 0 Å². The Balaban J connectivity index is 2.04. The standard InChI is InChI=1S/C18H21BrN2OS/c1-11-5-6-12(2)16(9-11)21-18(23)20-13(3)14-7-8-17(22-4)15(19)10-14/h5-10,13H,1-4H3,(H2,20,21,23)/t13-/m0/s1. The van der Waals surface area contributed by atoms with Gasteiger partial charge >= 0.3 is 0 Å². The van der Waals surface area contributed by atoms with Crippen molar-refractivity contribution in [3.8, 4) is 5.75 Å². The van der Waals surface area contributed by atoms with Gasteiger partial charge in [0, 0.05) is 5.69 Å². The molecule has 23 heavy (non-hydrogen) atoms. The summed E-state index contributed by atoms with van der Waals surface area (Å²) < 4.78 is 6.19. The van der Waals surface area contributed by atoms with Crippen LogP contribution >= 0.6 is 28.1 Å². The maximum Gasteiger partial charge on any atom is 0.171 e. The second-order valence-corrected chi connectivity index (χ2v) is 6.80. The van der Waals surface area contributed by atoms with Gasteiger partial charge in [-0.15, -0.1) is 0 Å². The van der Waals surface area contributed by atoms with Crippen LogP contribution in [0.2, 0.25) is 0 Å². The van der Waals surface area contributed by atoms with Crippen molar-refractivity contribution in [2.45, 2.75) is 26.8 Å². The number of thiocarbonyl (C=S) groups is 1. The lowest BCUT2D eigenvalue weighted by Crippen LogP contribution is -2.31. The van der Waals surface area contributed by atoms with Gasteiger partial charge in [0.25, 0.3) is 0 Å². The molecule has 2 N–H and O–H groups in total. The van der Waals surface area contributed by atoms with E-state index in [-0.39, 0.29) is 6.04 Å². The van der Waals surface area contributed by atoms with Crippen molar-refractivity contribution in [3.05, 3.63) is 57.6 Å². The minimum absolute atomic E-state index is 0.0855. The summed E-state index contributed by atoms with van der Waals surface area (Å²) in [6.45, 7) is 6.21. The van der Waals surface area contributed by atoms with E-state index in [0.29, 0.717) is 5.11 Å². The van der Waals surface area contributed by atoms with E-state index in [4.69, 9.17) is 17.0 Å². The highest BCUT2D eigenvalue weighted by atomic mass is 79.9. The van der Waals surface area contributed by atoms with Crippen molar-refractivity contribution in [2.75, 3.05) is 12.4 Å². The lowest BCUT2D eigenvalue weighted by atomic mass is 10.1. The highest BCUT2D eigenvalue weighted by Crippen LogP contribution is 2.28. The Hall–Kier alpha value is -1.59. The Labute approximate surface area is 151 Å². The predicted molar refractivity (Wildman–Crippen MR) is 104 cm³/mol. The van der Waals surface area contributed by atoms with Gasteiger partial charge in [0.05, 0.1) is 17.6 Å². The number of halogens is 1. The van der Waals surface area contributed by atoms with Gasteiger partial charge in [0.1, 0.15) is 5.75 Å². The van der Waals surface area contributed by atoms with E-state index in [9.17, 15) is 0 Å². The maximum absolute atomic E-state index is 5.44. The SMILES string of the molecule is COc1ccc([C@H](C)NC(=S)Nc2cc(C)ccc2C)cc1Br. The fourth-order valence-electron chi connectivity index (χ4n) is 2.26. The first-order valence-corrected chi connectivity index (χ1v) is 8.59. The summed E-state index contributed by atoms with van der Waals surface area (Å²) in [6, 6.07) is 12.4. The van der Waals surface area contributed by atoms with Crippen molar-refractivity contribution >= 4 is 38.9 Å². The summed E-state index contributed by atoms with van der Waals surface area (Å²) in [5, 5.41) is 7.20. The molecule has 0 heterocycles. The quantitative estimate of drug-likeness (QED) is 0.707. The zero-order chi connectivity index (χ0) is 17.0. The number of methoxy groups -OCH3 is 1. The molecule has 0 aliphatic rings. The predicted octanol–water partition coefficient (Wildman–Crippen LogP) is 5.12. The molecule has 0 saturated heterocycles. The molecule has 2 rings (SSSR count). The van der Waals surface area contributed by atoms with Gasteiger partial charge in [-0.1, -0.05) is 18.2 Å². The summed E-state index contributed by atoms with van der Waals surface area (Å²) in [5.74, 6) is 0.817. The van der Waals surface area contributed by atoms with Crippen LogP contribution in [0.3, 0.4) is 0 Å². The Morgan fingerprint density at radius 3 is 2.57 bits per heavy atom. The number of rotatable bonds is 4. The fraction of sp³-hybridized carbons (Fsp3) is 0.278. The number of benzene rings is 2. The third-order valence-electron chi connectivity index (χ3n) is 3.66. The second kappa shape index (κ2) is 7.79. The molecular weight excluding hydrogens is 372 g/mol. The Morgan fingerprint density at radius 1 is 1.17 bits per heavy atom. The number of hydrogen-bond acceptors (Lipinski definition) is 2. The van der Waals surface area contributed by atoms with E-state index in [2.05, 4.69) is 65.5 Å². The monoisotopic (exact) mass is 392 g/mol. The van der Waals surface area contributed by atoms with E-state index in [1.54, 1.807) is 7.11 Å². The number of aryl methyl sites for hydroxylation is 2. The van der Waals surface area contributed by atoms with Gasteiger partial charge in [-0.3, -0.25) is 0 Å². The van der Waals surface area contributed by atoms with Crippen molar-refractivity contribution in [1.82, 2.24) is 5.32 Å². The lowest BCUT2D eigenvalue weighted by Gasteiger charge is -2.19. The zero-order valence-corrected chi connectivity index (χ0v) is 16.1. The van der Waals surface area contributed by atoms with Crippen LogP contribution in [-0.2, 0) is 0 Å². The molecule has 2 aromatic rings. The highest BCUT2D eigenvalue weighted by Gasteiger charge is 2.10. The molecule has 0 bridgehead atoms. The normalized spacial score (nSPS) is 11.7. The molecule has 0 saturated carbocycles. The van der Waals surface area contributed by atoms with E-state index >= 15 is 0 Å². The van der Waals surface area contributed by atoms with Gasteiger partial charge < -0.3 is 15.4 Å². The van der Waals surface area contributed by atoms with E-state index in [1.807, 2.05) is 18.2 Å². The van der Waals surface area contributed by atoms with Crippen molar-refractivity contribution in [2.24, 2.45) is 0 Å². The Bertz CT molecular complexity index is 718. The van der Waals surface area contributed by atoms with Gasteiger partial charge in [-0.25, -0.2) is 0 Å². The molecule has 5 heteroatoms. The number of ether oxygens (including phenoxy) is 1. The molecule has 1 atom stereocenters. The number of nitrogens with one attached hydrogen (secondary N) is 2. The molecule has 0 aromatic heterocycles. The summed E-state index contributed by atoms with van der Waals surface area (Å²) >= 11 is 8.95. The zero-order valence-electron chi connectivity index (χ0n) is 13.7. The highest BCUT2D eigenvalue weighted by molar-refractivity contribution is 9.10. The first kappa shape index (κ1) is 17.8. The van der Waals surface area contributed by atoms with Gasteiger partial charge in [-0.05, 0) is 83.8 Å². The average molecular weight is 393 g/mol. The molecule has 0 aliphatic carbocycles. The van der Waals surface area contributed by atoms with Crippen LogP contribution in [0.4, 0.5) is 5.69 Å². The maximum atomic E-state index is 5.44. The third-order valence-corrected chi connectivity index (χ3v) is 4.50. The van der Waals surface area contributed by atoms with E-state index in [0.717, 1.165) is 21.5 Å². The van der Waals surface area contributed by atoms with E-state index < -0.39 is 0 Å². The molecule has 0 fully saturated rings. The minimum atomic E-state index is 0.0855. The summed E-state index contributed by atoms with van der Waals surface area (Å²) in [7, 11) is 1.66. The van der Waals surface area contributed by atoms with Crippen molar-refractivity contribution in [1.29, 1.82) is 0 Å². The van der Waals surface area contributed by atoms with Gasteiger partial charge in [-0.2, -0.15) is 0 Å². The fourth-order valence-corrected chi connectivity index (χ4v) is 3.11. The largest absolute Gasteiger partial charge is 0.496 e. The van der Waals surface area contributed by atoms with Crippen LogP contribution in [0.1, 0.15) is 29.7 Å². The average Bonchev–Trinajstić information content (AvgIpc) is 2.50. The van der Waals surface area contributed by atoms with Crippen LogP contribution in [0, 0.1) is 13.8 Å². The topological polar surface area (TPSA) is 33.3 Å². The molecule has 3 nitrogen and oxygen atoms in total. The lowest BCUT2D eigenvalue weighted by molar-refractivity contribution is 0.412. The smallest absolute Gasteiger partial charge is 0.171 e. The molecule has 0 amide bonds. The first-order chi connectivity index (χ1) is 10.9. The molecule has 0 radical (unpaired) electrons. The van der Waals surface area contributed by atoms with Crippen molar-refractivity contribution < 1.29 is 4.74 Å². The summed E-state index contributed by atoms with van der Waals surface area (Å²) in [6.07, 6.45) is 0. The van der Waals surface area contributed by atoms with Crippen LogP contribution in [0.15, 0.2) is 40.9 Å². The Morgan fingerprint density at radius 2 is 1.91 bits per heavy atom. The van der Waals surface area contributed by atoms with Crippen LogP contribution < -0.4 is 15.4 Å². The Kier molecular flexibility index (Phi) is 6.02. The molecule has 2 aromatic carbocycles. The second-order valence-electron chi connectivity index (χ2n) is 5.53.